The summed E-state index contributed by atoms with van der Waals surface area (Å²) in [5.74, 6) is 0. The summed E-state index contributed by atoms with van der Waals surface area (Å²) < 4.78 is 44.9. The van der Waals surface area contributed by atoms with Gasteiger partial charge in [-0.3, -0.25) is 0 Å². The van der Waals surface area contributed by atoms with Gasteiger partial charge < -0.3 is 28.4 Å². The number of hydrogen-bond acceptors (Lipinski definition) is 10. The molecule has 0 N–H and O–H groups in total. The third kappa shape index (κ3) is 12.3. The van der Waals surface area contributed by atoms with Crippen LogP contribution in [0.5, 0.6) is 0 Å². The zero-order valence-electron chi connectivity index (χ0n) is 39.3. The molecule has 0 radical (unpaired) electrons. The molecule has 0 spiro atoms. The normalized spacial score (nSPS) is 18.0. The third-order valence-corrected chi connectivity index (χ3v) is 12.5. The lowest BCUT2D eigenvalue weighted by Crippen LogP contribution is -2.61. The van der Waals surface area contributed by atoms with Gasteiger partial charge in [-0.05, 0) is 38.9 Å². The number of ether oxygens (including phenoxy) is 6. The summed E-state index contributed by atoms with van der Waals surface area (Å²) in [7, 11) is 0. The summed E-state index contributed by atoms with van der Waals surface area (Å²) in [6.45, 7) is 1.24. The van der Waals surface area contributed by atoms with Gasteiger partial charge in [0, 0.05) is 0 Å². The van der Waals surface area contributed by atoms with Crippen molar-refractivity contribution in [2.24, 2.45) is 0 Å². The Balaban J connectivity index is 0.943. The highest BCUT2D eigenvalue weighted by Crippen LogP contribution is 2.33. The van der Waals surface area contributed by atoms with E-state index in [2.05, 4.69) is 69.2 Å². The minimum Gasteiger partial charge on any atom is -0.372 e. The fourth-order valence-electron chi connectivity index (χ4n) is 9.01. The van der Waals surface area contributed by atoms with Crippen LogP contribution in [0.1, 0.15) is 62.4 Å². The highest BCUT2D eigenvalue weighted by Gasteiger charge is 2.49. The summed E-state index contributed by atoms with van der Waals surface area (Å²) in [5.41, 5.74) is 8.64. The second-order valence-electron chi connectivity index (χ2n) is 17.5. The van der Waals surface area contributed by atoms with Gasteiger partial charge in [0.05, 0.1) is 52.0 Å². The van der Waals surface area contributed by atoms with Crippen LogP contribution >= 0.6 is 0 Å². The molecule has 1 saturated heterocycles. The van der Waals surface area contributed by atoms with Crippen LogP contribution in [0.25, 0.3) is 0 Å². The van der Waals surface area contributed by atoms with Crippen molar-refractivity contribution in [3.8, 4) is 0 Å². The van der Waals surface area contributed by atoms with Crippen molar-refractivity contribution in [1.82, 2.24) is 30.0 Å². The predicted molar refractivity (Wildman–Crippen MR) is 268 cm³/mol. The van der Waals surface area contributed by atoms with E-state index in [4.69, 9.17) is 28.4 Å². The summed E-state index contributed by atoms with van der Waals surface area (Å²) in [4.78, 5) is 0. The first-order valence-electron chi connectivity index (χ1n) is 24.0. The molecule has 3 heterocycles. The summed E-state index contributed by atoms with van der Waals surface area (Å²) in [6, 6.07) is 71.0. The van der Waals surface area contributed by atoms with E-state index in [1.165, 1.54) is 0 Å². The highest BCUT2D eigenvalue weighted by atomic mass is 16.7. The van der Waals surface area contributed by atoms with E-state index >= 15 is 0 Å². The van der Waals surface area contributed by atoms with E-state index in [0.29, 0.717) is 24.6 Å². The fraction of sp³-hybridized carbons (Fsp3) is 0.220. The Hall–Kier alpha value is -7.42. The van der Waals surface area contributed by atoms with E-state index < -0.39 is 30.7 Å². The number of nitrogens with zero attached hydrogens (tertiary/aromatic N) is 6. The number of benzene rings is 7. The molecule has 0 saturated carbocycles. The first kappa shape index (κ1) is 47.3. The zero-order valence-corrected chi connectivity index (χ0v) is 39.3. The van der Waals surface area contributed by atoms with Gasteiger partial charge in [-0.15, -0.1) is 10.2 Å². The molecule has 10 rings (SSSR count). The largest absolute Gasteiger partial charge is 0.372 e. The summed E-state index contributed by atoms with van der Waals surface area (Å²) in [6.07, 6.45) is 0.171. The van der Waals surface area contributed by atoms with Gasteiger partial charge in [-0.2, -0.15) is 0 Å². The standard InChI is InChI=1S/C59H56N6O6/c1-8-22-44(23-9-1)38-67-56-53(43-66-41-51-36-64(62-60-51)54(47-28-14-4-15-29-47)48-30-16-5-17-31-48)71-59(58(69-40-46-26-12-3-13-27-46)57(56)68-39-45-24-10-2-11-25-45)70-42-52-37-65(63-61-52)55(49-32-18-6-19-33-49)50-34-20-7-21-35-50/h1-37,53-59H,38-43H2/t53-,56-,57+,58-,59+/m1/s1. The molecule has 2 aromatic heterocycles. The van der Waals surface area contributed by atoms with Crippen LogP contribution in [0, 0.1) is 0 Å². The van der Waals surface area contributed by atoms with Crippen LogP contribution in [0.15, 0.2) is 225 Å². The number of rotatable bonds is 22. The van der Waals surface area contributed by atoms with Crippen LogP contribution in [0.4, 0.5) is 0 Å². The molecule has 5 atom stereocenters. The minimum absolute atomic E-state index is 0.0772. The van der Waals surface area contributed by atoms with Gasteiger partial charge >= 0.3 is 0 Å². The molecule has 12 nitrogen and oxygen atoms in total. The molecule has 9 aromatic rings. The predicted octanol–water partition coefficient (Wildman–Crippen LogP) is 10.4. The van der Waals surface area contributed by atoms with Crippen molar-refractivity contribution < 1.29 is 28.4 Å². The second kappa shape index (κ2) is 23.9. The van der Waals surface area contributed by atoms with Crippen LogP contribution in [-0.4, -0.2) is 67.3 Å². The maximum absolute atomic E-state index is 7.01. The first-order valence-corrected chi connectivity index (χ1v) is 24.0. The first-order chi connectivity index (χ1) is 35.2. The maximum atomic E-state index is 7.01. The average Bonchev–Trinajstić information content (AvgIpc) is 4.11. The van der Waals surface area contributed by atoms with Gasteiger partial charge in [0.2, 0.25) is 0 Å². The Labute approximate surface area is 414 Å². The zero-order chi connectivity index (χ0) is 47.9. The minimum atomic E-state index is -0.938. The number of aromatic nitrogens is 6. The van der Waals surface area contributed by atoms with Crippen molar-refractivity contribution >= 4 is 0 Å². The molecule has 0 aliphatic carbocycles. The Morgan fingerprint density at radius 2 is 0.732 bits per heavy atom. The maximum Gasteiger partial charge on any atom is 0.187 e. The average molecular weight is 945 g/mol. The monoisotopic (exact) mass is 944 g/mol. The van der Waals surface area contributed by atoms with E-state index in [1.807, 2.05) is 186 Å². The van der Waals surface area contributed by atoms with Gasteiger partial charge in [-0.25, -0.2) is 9.36 Å². The molecular formula is C59H56N6O6. The van der Waals surface area contributed by atoms with Crippen LogP contribution in [-0.2, 0) is 61.5 Å². The van der Waals surface area contributed by atoms with Crippen molar-refractivity contribution in [3.63, 3.8) is 0 Å². The Kier molecular flexibility index (Phi) is 15.9. The Morgan fingerprint density at radius 3 is 1.14 bits per heavy atom. The molecule has 0 amide bonds. The molecule has 7 aromatic carbocycles. The van der Waals surface area contributed by atoms with Crippen molar-refractivity contribution in [1.29, 1.82) is 0 Å². The number of hydrogen-bond donors (Lipinski definition) is 0. The lowest BCUT2D eigenvalue weighted by Gasteiger charge is -2.45. The van der Waals surface area contributed by atoms with Crippen molar-refractivity contribution in [3.05, 3.63) is 275 Å². The topological polar surface area (TPSA) is 117 Å². The van der Waals surface area contributed by atoms with E-state index in [9.17, 15) is 0 Å². The SMILES string of the molecule is c1ccc(CO[C@@H]2[C@@H](OCc3ccccc3)[C@@H](OCc3cn(C(c4ccccc4)c4ccccc4)nn3)O[C@H](COCc3cn(C(c4ccccc4)c4ccccc4)nn3)[C@H]2OCc2ccccc2)cc1. The molecule has 1 aliphatic rings. The molecule has 0 bridgehead atoms. The van der Waals surface area contributed by atoms with Gasteiger partial charge in [0.25, 0.3) is 0 Å². The van der Waals surface area contributed by atoms with Crippen molar-refractivity contribution in [2.45, 2.75) is 75.8 Å². The molecule has 1 fully saturated rings. The van der Waals surface area contributed by atoms with E-state index in [1.54, 1.807) is 0 Å². The van der Waals surface area contributed by atoms with Gasteiger partial charge in [0.1, 0.15) is 47.9 Å². The van der Waals surface area contributed by atoms with Gasteiger partial charge in [0.15, 0.2) is 6.29 Å². The second-order valence-corrected chi connectivity index (χ2v) is 17.5. The van der Waals surface area contributed by atoms with E-state index in [0.717, 1.165) is 38.9 Å². The highest BCUT2D eigenvalue weighted by molar-refractivity contribution is 5.34. The fourth-order valence-corrected chi connectivity index (χ4v) is 9.01. The molecule has 0 unspecified atom stereocenters. The van der Waals surface area contributed by atoms with Crippen LogP contribution in [0.2, 0.25) is 0 Å². The summed E-state index contributed by atoms with van der Waals surface area (Å²) >= 11 is 0. The Bertz CT molecular complexity index is 2850. The lowest BCUT2D eigenvalue weighted by molar-refractivity contribution is -0.331. The molecule has 358 valence electrons. The van der Waals surface area contributed by atoms with E-state index in [-0.39, 0.29) is 38.5 Å². The molecule has 1 aliphatic heterocycles. The third-order valence-electron chi connectivity index (χ3n) is 12.5. The molecular weight excluding hydrogens is 889 g/mol. The lowest BCUT2D eigenvalue weighted by atomic mass is 9.97. The van der Waals surface area contributed by atoms with Crippen LogP contribution in [0.3, 0.4) is 0 Å². The smallest absolute Gasteiger partial charge is 0.187 e. The van der Waals surface area contributed by atoms with Crippen molar-refractivity contribution in [2.75, 3.05) is 6.61 Å². The van der Waals surface area contributed by atoms with Gasteiger partial charge in [-0.1, -0.05) is 223 Å². The van der Waals surface area contributed by atoms with Crippen LogP contribution < -0.4 is 0 Å². The Morgan fingerprint density at radius 1 is 0.380 bits per heavy atom. The quantitative estimate of drug-likeness (QED) is 0.0650. The molecule has 12 heteroatoms. The summed E-state index contributed by atoms with van der Waals surface area (Å²) in [5, 5.41) is 18.4. The molecule has 71 heavy (non-hydrogen) atoms.